The van der Waals surface area contributed by atoms with Crippen molar-refractivity contribution in [3.05, 3.63) is 43.8 Å². The molecule has 2 rings (SSSR count). The molecule has 2 aromatic rings. The predicted molar refractivity (Wildman–Crippen MR) is 81.1 cm³/mol. The van der Waals surface area contributed by atoms with Crippen molar-refractivity contribution in [2.45, 2.75) is 19.4 Å². The number of aromatic nitrogens is 1. The summed E-state index contributed by atoms with van der Waals surface area (Å²) in [6.45, 7) is 2.68. The highest BCUT2D eigenvalue weighted by molar-refractivity contribution is 9.10. The Morgan fingerprint density at radius 1 is 1.47 bits per heavy atom. The first-order valence-corrected chi connectivity index (χ1v) is 7.81. The van der Waals surface area contributed by atoms with Gasteiger partial charge in [-0.15, -0.1) is 11.3 Å². The molecule has 0 aliphatic heterocycles. The van der Waals surface area contributed by atoms with Crippen molar-refractivity contribution in [3.63, 3.8) is 0 Å². The first-order chi connectivity index (χ1) is 9.11. The fourth-order valence-corrected chi connectivity index (χ4v) is 3.30. The molecule has 19 heavy (non-hydrogen) atoms. The van der Waals surface area contributed by atoms with Crippen LogP contribution in [0.2, 0.25) is 4.34 Å². The molecule has 0 fully saturated rings. The summed E-state index contributed by atoms with van der Waals surface area (Å²) in [6.07, 6.45) is 3.46. The molecule has 1 N–H and O–H groups in total. The molecule has 0 saturated heterocycles. The molecule has 1 atom stereocenters. The van der Waals surface area contributed by atoms with Gasteiger partial charge in [0, 0.05) is 21.1 Å². The van der Waals surface area contributed by atoms with E-state index < -0.39 is 6.10 Å². The fourth-order valence-electron chi connectivity index (χ4n) is 1.55. The molecule has 0 radical (unpaired) electrons. The molecule has 0 bridgehead atoms. The Bertz CT molecular complexity index is 542. The highest BCUT2D eigenvalue weighted by Crippen LogP contribution is 2.37. The van der Waals surface area contributed by atoms with Crippen LogP contribution in [0.25, 0.3) is 0 Å². The zero-order valence-electron chi connectivity index (χ0n) is 10.3. The van der Waals surface area contributed by atoms with E-state index in [0.717, 1.165) is 15.8 Å². The Morgan fingerprint density at radius 2 is 2.26 bits per heavy atom. The lowest BCUT2D eigenvalue weighted by molar-refractivity contribution is 0.222. The van der Waals surface area contributed by atoms with Gasteiger partial charge in [0.1, 0.15) is 16.2 Å². The molecule has 3 nitrogen and oxygen atoms in total. The topological polar surface area (TPSA) is 42.4 Å². The van der Waals surface area contributed by atoms with Gasteiger partial charge in [-0.3, -0.25) is 4.98 Å². The summed E-state index contributed by atoms with van der Waals surface area (Å²) in [7, 11) is 0. The number of hydrogen-bond acceptors (Lipinski definition) is 4. The highest BCUT2D eigenvalue weighted by atomic mass is 79.9. The molecule has 2 aromatic heterocycles. The van der Waals surface area contributed by atoms with E-state index in [4.69, 9.17) is 16.3 Å². The largest absolute Gasteiger partial charge is 0.492 e. The Hall–Kier alpha value is -0.620. The van der Waals surface area contributed by atoms with E-state index in [2.05, 4.69) is 20.9 Å². The Labute approximate surface area is 129 Å². The average molecular weight is 363 g/mol. The van der Waals surface area contributed by atoms with Crippen molar-refractivity contribution in [1.29, 1.82) is 0 Å². The highest BCUT2D eigenvalue weighted by Gasteiger charge is 2.16. The zero-order valence-corrected chi connectivity index (χ0v) is 13.4. The number of ether oxygens (including phenoxy) is 1. The number of rotatable bonds is 5. The van der Waals surface area contributed by atoms with Crippen molar-refractivity contribution in [1.82, 2.24) is 4.98 Å². The Kier molecular flexibility index (Phi) is 5.21. The van der Waals surface area contributed by atoms with Gasteiger partial charge in [0.2, 0.25) is 0 Å². The van der Waals surface area contributed by atoms with E-state index in [9.17, 15) is 5.11 Å². The molecule has 0 aromatic carbocycles. The van der Waals surface area contributed by atoms with Gasteiger partial charge in [-0.1, -0.05) is 18.5 Å². The molecule has 0 saturated carbocycles. The van der Waals surface area contributed by atoms with Gasteiger partial charge in [-0.25, -0.2) is 0 Å². The molecule has 0 amide bonds. The van der Waals surface area contributed by atoms with Crippen LogP contribution in [0.1, 0.15) is 29.9 Å². The minimum absolute atomic E-state index is 0.625. The number of aliphatic hydroxyl groups is 1. The Balaban J connectivity index is 2.20. The second kappa shape index (κ2) is 6.70. The maximum absolute atomic E-state index is 10.3. The SMILES string of the molecule is CCCOc1cncc(C(O)c2cc(Br)c(Cl)s2)c1. The molecule has 0 aliphatic rings. The lowest BCUT2D eigenvalue weighted by atomic mass is 10.1. The monoisotopic (exact) mass is 361 g/mol. The normalized spacial score (nSPS) is 12.4. The zero-order chi connectivity index (χ0) is 13.8. The summed E-state index contributed by atoms with van der Waals surface area (Å²) in [6, 6.07) is 3.62. The fraction of sp³-hybridized carbons (Fsp3) is 0.308. The summed E-state index contributed by atoms with van der Waals surface area (Å²) in [5.74, 6) is 0.667. The maximum atomic E-state index is 10.3. The molecule has 0 aliphatic carbocycles. The van der Waals surface area contributed by atoms with Gasteiger partial charge in [-0.2, -0.15) is 0 Å². The molecule has 2 heterocycles. The van der Waals surface area contributed by atoms with Gasteiger partial charge in [0.15, 0.2) is 0 Å². The smallest absolute Gasteiger partial charge is 0.137 e. The van der Waals surface area contributed by atoms with E-state index >= 15 is 0 Å². The van der Waals surface area contributed by atoms with Gasteiger partial charge < -0.3 is 9.84 Å². The van der Waals surface area contributed by atoms with Crippen LogP contribution in [0.15, 0.2) is 29.0 Å². The number of hydrogen-bond donors (Lipinski definition) is 1. The number of aliphatic hydroxyl groups excluding tert-OH is 1. The molecule has 102 valence electrons. The van der Waals surface area contributed by atoms with Crippen molar-refractivity contribution in [2.75, 3.05) is 6.61 Å². The van der Waals surface area contributed by atoms with E-state index in [0.29, 0.717) is 22.3 Å². The van der Waals surface area contributed by atoms with Crippen LogP contribution in [-0.4, -0.2) is 16.7 Å². The van der Waals surface area contributed by atoms with Crippen LogP contribution < -0.4 is 4.74 Å². The van der Waals surface area contributed by atoms with E-state index in [1.807, 2.05) is 13.0 Å². The summed E-state index contributed by atoms with van der Waals surface area (Å²) in [4.78, 5) is 4.86. The van der Waals surface area contributed by atoms with Crippen molar-refractivity contribution >= 4 is 38.9 Å². The van der Waals surface area contributed by atoms with Crippen LogP contribution in [-0.2, 0) is 0 Å². The molecule has 1 unspecified atom stereocenters. The number of halogens is 2. The lowest BCUT2D eigenvalue weighted by Crippen LogP contribution is -2.00. The first kappa shape index (κ1) is 14.8. The van der Waals surface area contributed by atoms with Gasteiger partial charge >= 0.3 is 0 Å². The molecular weight excluding hydrogens is 350 g/mol. The minimum Gasteiger partial charge on any atom is -0.492 e. The van der Waals surface area contributed by atoms with Gasteiger partial charge in [-0.05, 0) is 34.5 Å². The minimum atomic E-state index is -0.744. The van der Waals surface area contributed by atoms with E-state index in [-0.39, 0.29) is 0 Å². The molecule has 6 heteroatoms. The van der Waals surface area contributed by atoms with E-state index in [1.165, 1.54) is 11.3 Å². The average Bonchev–Trinajstić information content (AvgIpc) is 2.76. The van der Waals surface area contributed by atoms with E-state index in [1.54, 1.807) is 18.5 Å². The van der Waals surface area contributed by atoms with Crippen molar-refractivity contribution < 1.29 is 9.84 Å². The summed E-state index contributed by atoms with van der Waals surface area (Å²) in [5, 5.41) is 10.3. The molecule has 0 spiro atoms. The van der Waals surface area contributed by atoms with Crippen molar-refractivity contribution in [2.24, 2.45) is 0 Å². The van der Waals surface area contributed by atoms with Crippen LogP contribution in [0.5, 0.6) is 5.75 Å². The number of thiophene rings is 1. The van der Waals surface area contributed by atoms with Crippen LogP contribution in [0, 0.1) is 0 Å². The quantitative estimate of drug-likeness (QED) is 0.855. The standard InChI is InChI=1S/C13H13BrClNO2S/c1-2-3-18-9-4-8(6-16-7-9)12(17)11-5-10(14)13(15)19-11/h4-7,12,17H,2-3H2,1H3. The Morgan fingerprint density at radius 3 is 2.89 bits per heavy atom. The summed E-state index contributed by atoms with van der Waals surface area (Å²) < 4.78 is 6.92. The van der Waals surface area contributed by atoms with Crippen molar-refractivity contribution in [3.8, 4) is 5.75 Å². The van der Waals surface area contributed by atoms with Crippen LogP contribution in [0.3, 0.4) is 0 Å². The third kappa shape index (κ3) is 3.69. The number of pyridine rings is 1. The number of nitrogens with zero attached hydrogens (tertiary/aromatic N) is 1. The summed E-state index contributed by atoms with van der Waals surface area (Å²) >= 11 is 10.7. The van der Waals surface area contributed by atoms with Gasteiger partial charge in [0.25, 0.3) is 0 Å². The van der Waals surface area contributed by atoms with Crippen LogP contribution in [0.4, 0.5) is 0 Å². The lowest BCUT2D eigenvalue weighted by Gasteiger charge is -2.10. The first-order valence-electron chi connectivity index (χ1n) is 5.82. The second-order valence-electron chi connectivity index (χ2n) is 3.98. The third-order valence-electron chi connectivity index (χ3n) is 2.46. The molecular formula is C13H13BrClNO2S. The maximum Gasteiger partial charge on any atom is 0.137 e. The van der Waals surface area contributed by atoms with Crippen LogP contribution >= 0.6 is 38.9 Å². The second-order valence-corrected chi connectivity index (χ2v) is 6.52. The van der Waals surface area contributed by atoms with Gasteiger partial charge in [0.05, 0.1) is 12.8 Å². The summed E-state index contributed by atoms with van der Waals surface area (Å²) in [5.41, 5.74) is 0.694. The predicted octanol–water partition coefficient (Wildman–Crippen LogP) is 4.43. The third-order valence-corrected chi connectivity index (χ3v) is 4.98.